The Hall–Kier alpha value is -2.22. The van der Waals surface area contributed by atoms with Crippen LogP contribution in [-0.2, 0) is 17.6 Å². The Morgan fingerprint density at radius 2 is 2.04 bits per heavy atom. The molecule has 2 heterocycles. The number of amides is 2. The van der Waals surface area contributed by atoms with E-state index in [2.05, 4.69) is 20.7 Å². The zero-order chi connectivity index (χ0) is 17.4. The molecule has 0 unspecified atom stereocenters. The van der Waals surface area contributed by atoms with Gasteiger partial charge in [-0.15, -0.1) is 0 Å². The van der Waals surface area contributed by atoms with E-state index < -0.39 is 0 Å². The molecule has 8 heteroatoms. The average molecular weight is 347 g/mol. The van der Waals surface area contributed by atoms with E-state index in [0.717, 1.165) is 41.1 Å². The second-order valence-corrected chi connectivity index (χ2v) is 7.12. The zero-order valence-corrected chi connectivity index (χ0v) is 15.1. The predicted octanol–water partition coefficient (Wildman–Crippen LogP) is 2.39. The first kappa shape index (κ1) is 16.6. The van der Waals surface area contributed by atoms with Crippen molar-refractivity contribution in [3.8, 4) is 10.6 Å². The summed E-state index contributed by atoms with van der Waals surface area (Å²) in [7, 11) is 1.62. The molecule has 2 aromatic rings. The predicted molar refractivity (Wildman–Crippen MR) is 93.4 cm³/mol. The molecular formula is C16H21N5O2S. The first-order valence-corrected chi connectivity index (χ1v) is 8.85. The van der Waals surface area contributed by atoms with Gasteiger partial charge in [-0.05, 0) is 33.1 Å². The van der Waals surface area contributed by atoms with Crippen molar-refractivity contribution in [3.05, 3.63) is 17.0 Å². The Bertz CT molecular complexity index is 806. The highest BCUT2D eigenvalue weighted by atomic mass is 32.1. The van der Waals surface area contributed by atoms with Gasteiger partial charge in [0.25, 0.3) is 5.91 Å². The van der Waals surface area contributed by atoms with E-state index in [0.29, 0.717) is 10.8 Å². The summed E-state index contributed by atoms with van der Waals surface area (Å²) in [5.41, 5.74) is 3.39. The first-order valence-electron chi connectivity index (χ1n) is 8.03. The number of carbonyl (C=O) groups excluding carboxylic acids is 2. The van der Waals surface area contributed by atoms with Crippen molar-refractivity contribution in [3.63, 3.8) is 0 Å². The maximum Gasteiger partial charge on any atom is 0.271 e. The second kappa shape index (κ2) is 6.35. The zero-order valence-electron chi connectivity index (χ0n) is 14.3. The summed E-state index contributed by atoms with van der Waals surface area (Å²) >= 11 is 1.45. The minimum atomic E-state index is -0.166. The van der Waals surface area contributed by atoms with Crippen LogP contribution in [0.1, 0.15) is 55.0 Å². The molecule has 0 fully saturated rings. The lowest BCUT2D eigenvalue weighted by atomic mass is 10.1. The number of hydrogen-bond acceptors (Lipinski definition) is 5. The van der Waals surface area contributed by atoms with Crippen LogP contribution in [0.5, 0.6) is 0 Å². The van der Waals surface area contributed by atoms with Gasteiger partial charge in [0, 0.05) is 25.6 Å². The molecule has 2 N–H and O–H groups in total. The summed E-state index contributed by atoms with van der Waals surface area (Å²) < 4.78 is 1.90. The van der Waals surface area contributed by atoms with Gasteiger partial charge >= 0.3 is 0 Å². The van der Waals surface area contributed by atoms with Gasteiger partial charge < -0.3 is 10.6 Å². The number of aromatic nitrogens is 3. The van der Waals surface area contributed by atoms with Crippen LogP contribution in [0.3, 0.4) is 0 Å². The van der Waals surface area contributed by atoms with Crippen LogP contribution in [0.2, 0.25) is 0 Å². The van der Waals surface area contributed by atoms with Crippen molar-refractivity contribution < 1.29 is 9.59 Å². The molecule has 128 valence electrons. The lowest BCUT2D eigenvalue weighted by Crippen LogP contribution is -2.20. The number of thiazole rings is 1. The van der Waals surface area contributed by atoms with Gasteiger partial charge in [-0.1, -0.05) is 11.3 Å². The number of nitrogens with one attached hydrogen (secondary N) is 2. The monoisotopic (exact) mass is 347 g/mol. The molecule has 0 radical (unpaired) electrons. The molecule has 0 atom stereocenters. The molecule has 0 aliphatic heterocycles. The van der Waals surface area contributed by atoms with E-state index in [9.17, 15) is 9.59 Å². The molecule has 1 aliphatic carbocycles. The summed E-state index contributed by atoms with van der Waals surface area (Å²) in [4.78, 5) is 29.1. The van der Waals surface area contributed by atoms with E-state index in [1.54, 1.807) is 7.05 Å². The fourth-order valence-corrected chi connectivity index (χ4v) is 4.09. The van der Waals surface area contributed by atoms with Crippen LogP contribution in [0.4, 0.5) is 5.13 Å². The number of anilines is 1. The van der Waals surface area contributed by atoms with Gasteiger partial charge in [-0.3, -0.25) is 14.3 Å². The average Bonchev–Trinajstić information content (AvgIpc) is 3.03. The van der Waals surface area contributed by atoms with Crippen molar-refractivity contribution in [1.82, 2.24) is 20.1 Å². The van der Waals surface area contributed by atoms with E-state index in [-0.39, 0.29) is 17.9 Å². The number of rotatable bonds is 3. The molecular weight excluding hydrogens is 326 g/mol. The topological polar surface area (TPSA) is 88.9 Å². The minimum absolute atomic E-state index is 0.120. The Morgan fingerprint density at radius 3 is 2.67 bits per heavy atom. The third-order valence-corrected chi connectivity index (χ3v) is 5.00. The number of nitrogens with zero attached hydrogens (tertiary/aromatic N) is 3. The maximum absolute atomic E-state index is 12.2. The van der Waals surface area contributed by atoms with Gasteiger partial charge in [0.1, 0.15) is 0 Å². The number of carbonyl (C=O) groups is 2. The Kier molecular flexibility index (Phi) is 4.40. The summed E-state index contributed by atoms with van der Waals surface area (Å²) in [5, 5.41) is 10.6. The largest absolute Gasteiger partial charge is 0.354 e. The fourth-order valence-electron chi connectivity index (χ4n) is 2.96. The Labute approximate surface area is 144 Å². The summed E-state index contributed by atoms with van der Waals surface area (Å²) in [5.74, 6) is -0.303. The molecule has 2 aromatic heterocycles. The third kappa shape index (κ3) is 2.82. The van der Waals surface area contributed by atoms with Gasteiger partial charge in [0.15, 0.2) is 10.8 Å². The molecule has 3 rings (SSSR count). The van der Waals surface area contributed by atoms with E-state index in [1.165, 1.54) is 18.3 Å². The molecule has 0 saturated carbocycles. The van der Waals surface area contributed by atoms with Crippen molar-refractivity contribution in [1.29, 1.82) is 0 Å². The van der Waals surface area contributed by atoms with Crippen molar-refractivity contribution in [2.24, 2.45) is 0 Å². The van der Waals surface area contributed by atoms with Crippen LogP contribution in [0.15, 0.2) is 0 Å². The molecule has 2 amide bonds. The molecule has 0 aromatic carbocycles. The van der Waals surface area contributed by atoms with Crippen LogP contribution in [0.25, 0.3) is 10.6 Å². The van der Waals surface area contributed by atoms with Crippen LogP contribution in [0, 0.1) is 0 Å². The summed E-state index contributed by atoms with van der Waals surface area (Å²) in [6.07, 6.45) is 2.52. The molecule has 0 spiro atoms. The summed E-state index contributed by atoms with van der Waals surface area (Å²) in [6.45, 7) is 5.56. The number of fused-ring (bicyclic) bond motifs is 3. The highest BCUT2D eigenvalue weighted by molar-refractivity contribution is 7.19. The molecule has 0 saturated heterocycles. The van der Waals surface area contributed by atoms with Gasteiger partial charge in [0.05, 0.1) is 16.3 Å². The molecule has 7 nitrogen and oxygen atoms in total. The summed E-state index contributed by atoms with van der Waals surface area (Å²) in [6, 6.07) is 0.120. The second-order valence-electron chi connectivity index (χ2n) is 6.12. The van der Waals surface area contributed by atoms with Gasteiger partial charge in [-0.2, -0.15) is 5.10 Å². The quantitative estimate of drug-likeness (QED) is 0.892. The van der Waals surface area contributed by atoms with Crippen LogP contribution < -0.4 is 10.6 Å². The molecule has 1 aliphatic rings. The molecule has 24 heavy (non-hydrogen) atoms. The normalized spacial score (nSPS) is 13.2. The van der Waals surface area contributed by atoms with Crippen molar-refractivity contribution >= 4 is 28.3 Å². The molecule has 0 bridgehead atoms. The maximum atomic E-state index is 12.2. The fraction of sp³-hybridized carbons (Fsp3) is 0.500. The van der Waals surface area contributed by atoms with E-state index >= 15 is 0 Å². The Morgan fingerprint density at radius 1 is 1.29 bits per heavy atom. The Balaban J connectivity index is 2.20. The first-order chi connectivity index (χ1) is 11.4. The number of aryl methyl sites for hydroxylation is 1. The standard InChI is InChI=1S/C16H21N5O2S/c1-8(2)21-13-10(12(20-21)15(23)17-4)6-5-7-11-14(13)24-16(19-11)18-9(3)22/h8H,5-7H2,1-4H3,(H,17,23)(H,18,19,22). The lowest BCUT2D eigenvalue weighted by molar-refractivity contribution is -0.114. The van der Waals surface area contributed by atoms with Crippen LogP contribution >= 0.6 is 11.3 Å². The smallest absolute Gasteiger partial charge is 0.271 e. The van der Waals surface area contributed by atoms with Crippen LogP contribution in [-0.4, -0.2) is 33.6 Å². The van der Waals surface area contributed by atoms with E-state index in [1.807, 2.05) is 18.5 Å². The minimum Gasteiger partial charge on any atom is -0.354 e. The van der Waals surface area contributed by atoms with Gasteiger partial charge in [-0.25, -0.2) is 4.98 Å². The van der Waals surface area contributed by atoms with Crippen molar-refractivity contribution in [2.45, 2.75) is 46.1 Å². The van der Waals surface area contributed by atoms with Crippen molar-refractivity contribution in [2.75, 3.05) is 12.4 Å². The highest BCUT2D eigenvalue weighted by Gasteiger charge is 2.29. The third-order valence-electron chi connectivity index (χ3n) is 3.98. The lowest BCUT2D eigenvalue weighted by Gasteiger charge is -2.10. The van der Waals surface area contributed by atoms with E-state index in [4.69, 9.17) is 0 Å². The highest BCUT2D eigenvalue weighted by Crippen LogP contribution is 2.40. The SMILES string of the molecule is CNC(=O)c1nn(C(C)C)c2c1CCCc1nc(NC(C)=O)sc1-2. The number of hydrogen-bond donors (Lipinski definition) is 2. The van der Waals surface area contributed by atoms with Gasteiger partial charge in [0.2, 0.25) is 5.91 Å².